The highest BCUT2D eigenvalue weighted by Gasteiger charge is 2.64. The fraction of sp³-hybridized carbons (Fsp3) is 0.833. The van der Waals surface area contributed by atoms with Crippen LogP contribution >= 0.6 is 0 Å². The number of hydrogen-bond donors (Lipinski definition) is 3. The van der Waals surface area contributed by atoms with Crippen LogP contribution < -0.4 is 0 Å². The SMILES string of the molecule is C[C@@H]1CC2=CC(O)CCC2C2CC[C@@]3(C)C(CC[C@@]3(O)c3cn(CCCO)nn3)C21. The van der Waals surface area contributed by atoms with Crippen molar-refractivity contribution in [2.75, 3.05) is 6.61 Å². The molecule has 8 atom stereocenters. The smallest absolute Gasteiger partial charge is 0.116 e. The van der Waals surface area contributed by atoms with Crippen LogP contribution in [0.1, 0.15) is 70.9 Å². The first-order valence-corrected chi connectivity index (χ1v) is 12.0. The third-order valence-electron chi connectivity index (χ3n) is 9.43. The van der Waals surface area contributed by atoms with Crippen LogP contribution in [0.25, 0.3) is 0 Å². The summed E-state index contributed by atoms with van der Waals surface area (Å²) in [7, 11) is 0. The normalized spacial score (nSPS) is 45.4. The van der Waals surface area contributed by atoms with E-state index >= 15 is 0 Å². The number of allylic oxidation sites excluding steroid dienone is 1. The van der Waals surface area contributed by atoms with E-state index in [4.69, 9.17) is 5.11 Å². The van der Waals surface area contributed by atoms with Crippen molar-refractivity contribution in [3.05, 3.63) is 23.5 Å². The number of hydrogen-bond acceptors (Lipinski definition) is 5. The highest BCUT2D eigenvalue weighted by Crippen LogP contribution is 2.68. The standard InChI is InChI=1S/C24H37N3O3/c1-15-12-16-13-17(29)4-5-18(16)19-6-8-23(2)20(22(15)19)7-9-24(23,30)21-14-27(26-25-21)10-3-11-28/h13-15,17-20,22,28-30H,3-12H2,1-2H3/t15-,17?,18?,19?,20?,22?,23+,24-/m1/s1. The Hall–Kier alpha value is -1.24. The van der Waals surface area contributed by atoms with E-state index in [1.54, 1.807) is 4.68 Å². The quantitative estimate of drug-likeness (QED) is 0.658. The Balaban J connectivity index is 1.43. The molecule has 4 aliphatic carbocycles. The molecule has 1 aromatic rings. The molecule has 0 saturated heterocycles. The number of fused-ring (bicyclic) bond motifs is 5. The molecule has 3 saturated carbocycles. The van der Waals surface area contributed by atoms with E-state index in [2.05, 4.69) is 30.2 Å². The Morgan fingerprint density at radius 1 is 1.20 bits per heavy atom. The zero-order valence-corrected chi connectivity index (χ0v) is 18.4. The molecule has 0 amide bonds. The van der Waals surface area contributed by atoms with Gasteiger partial charge in [-0.25, -0.2) is 0 Å². The van der Waals surface area contributed by atoms with Gasteiger partial charge in [-0.2, -0.15) is 0 Å². The van der Waals surface area contributed by atoms with E-state index in [1.165, 1.54) is 5.57 Å². The van der Waals surface area contributed by atoms with E-state index in [0.29, 0.717) is 48.2 Å². The minimum absolute atomic E-state index is 0.134. The second-order valence-electron chi connectivity index (χ2n) is 10.8. The molecule has 5 rings (SSSR count). The van der Waals surface area contributed by atoms with Crippen molar-refractivity contribution in [3.8, 4) is 0 Å². The topological polar surface area (TPSA) is 91.4 Å². The molecular weight excluding hydrogens is 378 g/mol. The summed E-state index contributed by atoms with van der Waals surface area (Å²) >= 11 is 0. The van der Waals surface area contributed by atoms with Crippen LogP contribution in [0.2, 0.25) is 0 Å². The maximum Gasteiger partial charge on any atom is 0.116 e. The van der Waals surface area contributed by atoms with Gasteiger partial charge in [-0.1, -0.05) is 30.7 Å². The molecule has 0 aromatic carbocycles. The van der Waals surface area contributed by atoms with Gasteiger partial charge in [-0.15, -0.1) is 5.10 Å². The van der Waals surface area contributed by atoms with Crippen LogP contribution in [0, 0.1) is 35.0 Å². The molecule has 3 N–H and O–H groups in total. The summed E-state index contributed by atoms with van der Waals surface area (Å²) in [6.45, 7) is 5.46. The van der Waals surface area contributed by atoms with Crippen molar-refractivity contribution in [3.63, 3.8) is 0 Å². The second-order valence-corrected chi connectivity index (χ2v) is 10.8. The molecule has 30 heavy (non-hydrogen) atoms. The second kappa shape index (κ2) is 7.42. The van der Waals surface area contributed by atoms with E-state index in [1.807, 2.05) is 6.20 Å². The summed E-state index contributed by atoms with van der Waals surface area (Å²) in [4.78, 5) is 0. The molecule has 3 fully saturated rings. The molecule has 1 aromatic heterocycles. The summed E-state index contributed by atoms with van der Waals surface area (Å²) in [6, 6.07) is 0. The number of rotatable bonds is 4. The minimum atomic E-state index is -0.918. The molecular formula is C24H37N3O3. The molecule has 0 bridgehead atoms. The maximum absolute atomic E-state index is 12.0. The van der Waals surface area contributed by atoms with E-state index < -0.39 is 5.60 Å². The average Bonchev–Trinajstić information content (AvgIpc) is 3.30. The van der Waals surface area contributed by atoms with E-state index in [0.717, 1.165) is 44.9 Å². The molecule has 1 heterocycles. The van der Waals surface area contributed by atoms with Gasteiger partial charge in [0.15, 0.2) is 0 Å². The number of aryl methyl sites for hydroxylation is 1. The van der Waals surface area contributed by atoms with Crippen molar-refractivity contribution in [2.45, 2.75) is 83.5 Å². The number of aliphatic hydroxyl groups is 3. The zero-order valence-electron chi connectivity index (χ0n) is 18.4. The van der Waals surface area contributed by atoms with Gasteiger partial charge < -0.3 is 15.3 Å². The van der Waals surface area contributed by atoms with Crippen molar-refractivity contribution < 1.29 is 15.3 Å². The predicted molar refractivity (Wildman–Crippen MR) is 113 cm³/mol. The monoisotopic (exact) mass is 415 g/mol. The lowest BCUT2D eigenvalue weighted by Gasteiger charge is -2.57. The Morgan fingerprint density at radius 2 is 2.03 bits per heavy atom. The van der Waals surface area contributed by atoms with Gasteiger partial charge in [-0.05, 0) is 81.0 Å². The molecule has 166 valence electrons. The number of aromatic nitrogens is 3. The Morgan fingerprint density at radius 3 is 2.83 bits per heavy atom. The first kappa shape index (κ1) is 20.7. The van der Waals surface area contributed by atoms with Gasteiger partial charge in [0.1, 0.15) is 11.3 Å². The lowest BCUT2D eigenvalue weighted by Crippen LogP contribution is -2.53. The molecule has 0 spiro atoms. The highest BCUT2D eigenvalue weighted by molar-refractivity contribution is 5.25. The fourth-order valence-corrected chi connectivity index (χ4v) is 7.99. The molecule has 5 unspecified atom stereocenters. The van der Waals surface area contributed by atoms with Gasteiger partial charge in [0.05, 0.1) is 12.3 Å². The van der Waals surface area contributed by atoms with Gasteiger partial charge in [0.2, 0.25) is 0 Å². The van der Waals surface area contributed by atoms with Crippen molar-refractivity contribution in [1.29, 1.82) is 0 Å². The fourth-order valence-electron chi connectivity index (χ4n) is 7.99. The summed E-state index contributed by atoms with van der Waals surface area (Å²) in [5.74, 6) is 3.06. The van der Waals surface area contributed by atoms with Gasteiger partial charge in [-0.3, -0.25) is 4.68 Å². The van der Waals surface area contributed by atoms with Crippen LogP contribution in [0.5, 0.6) is 0 Å². The molecule has 4 aliphatic rings. The van der Waals surface area contributed by atoms with Crippen LogP contribution in [0.15, 0.2) is 17.8 Å². The molecule has 6 nitrogen and oxygen atoms in total. The summed E-state index contributed by atoms with van der Waals surface area (Å²) in [6.07, 6.45) is 11.6. The van der Waals surface area contributed by atoms with Crippen LogP contribution in [-0.4, -0.2) is 43.0 Å². The maximum atomic E-state index is 12.0. The number of nitrogens with zero attached hydrogens (tertiary/aromatic N) is 3. The molecule has 0 aliphatic heterocycles. The van der Waals surface area contributed by atoms with Crippen LogP contribution in [-0.2, 0) is 12.1 Å². The summed E-state index contributed by atoms with van der Waals surface area (Å²) in [5, 5.41) is 39.9. The summed E-state index contributed by atoms with van der Waals surface area (Å²) < 4.78 is 1.76. The lowest BCUT2D eigenvalue weighted by atomic mass is 9.48. The first-order chi connectivity index (χ1) is 14.4. The van der Waals surface area contributed by atoms with Crippen molar-refractivity contribution >= 4 is 0 Å². The van der Waals surface area contributed by atoms with Gasteiger partial charge in [0, 0.05) is 18.6 Å². The van der Waals surface area contributed by atoms with Gasteiger partial charge in [0.25, 0.3) is 0 Å². The Bertz CT molecular complexity index is 822. The van der Waals surface area contributed by atoms with Crippen molar-refractivity contribution in [1.82, 2.24) is 15.0 Å². The van der Waals surface area contributed by atoms with Gasteiger partial charge >= 0.3 is 0 Å². The largest absolute Gasteiger partial charge is 0.396 e. The zero-order chi connectivity index (χ0) is 21.1. The predicted octanol–water partition coefficient (Wildman–Crippen LogP) is 3.03. The Kier molecular flexibility index (Phi) is 5.11. The van der Waals surface area contributed by atoms with E-state index in [-0.39, 0.29) is 18.1 Å². The number of aliphatic hydroxyl groups excluding tert-OH is 2. The minimum Gasteiger partial charge on any atom is -0.396 e. The molecule has 0 radical (unpaired) electrons. The van der Waals surface area contributed by atoms with Crippen LogP contribution in [0.3, 0.4) is 0 Å². The van der Waals surface area contributed by atoms with E-state index in [9.17, 15) is 10.2 Å². The lowest BCUT2D eigenvalue weighted by molar-refractivity contribution is -0.133. The average molecular weight is 416 g/mol. The molecule has 6 heteroatoms. The highest BCUT2D eigenvalue weighted by atomic mass is 16.3. The Labute approximate surface area is 179 Å². The third kappa shape index (κ3) is 2.94. The summed E-state index contributed by atoms with van der Waals surface area (Å²) in [5.41, 5.74) is 1.13. The van der Waals surface area contributed by atoms with Crippen LogP contribution in [0.4, 0.5) is 0 Å². The third-order valence-corrected chi connectivity index (χ3v) is 9.43. The van der Waals surface area contributed by atoms with Crippen molar-refractivity contribution in [2.24, 2.45) is 35.0 Å². The first-order valence-electron chi connectivity index (χ1n) is 12.0.